The maximum atomic E-state index is 5.42. The lowest BCUT2D eigenvalue weighted by molar-refractivity contribution is 0.386. The molecule has 20 heavy (non-hydrogen) atoms. The first-order valence-electron chi connectivity index (χ1n) is 7.05. The topological polar surface area (TPSA) is 34.2 Å². The lowest BCUT2D eigenvalue weighted by Gasteiger charge is -2.22. The summed E-state index contributed by atoms with van der Waals surface area (Å²) in [6.07, 6.45) is 2.85. The van der Waals surface area contributed by atoms with Crippen molar-refractivity contribution in [2.75, 3.05) is 13.7 Å². The molecule has 106 valence electrons. The lowest BCUT2D eigenvalue weighted by Crippen LogP contribution is -2.24. The summed E-state index contributed by atoms with van der Waals surface area (Å²) in [5, 5.41) is 3.60. The van der Waals surface area contributed by atoms with Crippen LogP contribution < -0.4 is 10.1 Å². The van der Waals surface area contributed by atoms with Gasteiger partial charge < -0.3 is 10.1 Å². The minimum atomic E-state index is 0.111. The SMILES string of the molecule is CCCNC(c1ccccc1C)c1cccnc1OC. The van der Waals surface area contributed by atoms with Crippen LogP contribution in [-0.4, -0.2) is 18.6 Å². The van der Waals surface area contributed by atoms with Crippen LogP contribution >= 0.6 is 0 Å². The minimum Gasteiger partial charge on any atom is -0.481 e. The number of hydrogen-bond donors (Lipinski definition) is 1. The third kappa shape index (κ3) is 3.17. The summed E-state index contributed by atoms with van der Waals surface area (Å²) in [4.78, 5) is 4.32. The first-order valence-corrected chi connectivity index (χ1v) is 7.05. The fourth-order valence-electron chi connectivity index (χ4n) is 2.38. The number of aryl methyl sites for hydroxylation is 1. The van der Waals surface area contributed by atoms with Crippen LogP contribution in [0.5, 0.6) is 5.88 Å². The van der Waals surface area contributed by atoms with Gasteiger partial charge in [0, 0.05) is 11.8 Å². The normalized spacial score (nSPS) is 12.2. The van der Waals surface area contributed by atoms with Gasteiger partial charge in [-0.2, -0.15) is 0 Å². The highest BCUT2D eigenvalue weighted by atomic mass is 16.5. The Balaban J connectivity index is 2.44. The van der Waals surface area contributed by atoms with E-state index < -0.39 is 0 Å². The third-order valence-corrected chi connectivity index (χ3v) is 3.40. The van der Waals surface area contributed by atoms with E-state index in [1.165, 1.54) is 11.1 Å². The number of rotatable bonds is 6. The molecule has 0 fully saturated rings. The monoisotopic (exact) mass is 270 g/mol. The number of methoxy groups -OCH3 is 1. The Morgan fingerprint density at radius 2 is 1.90 bits per heavy atom. The molecule has 0 radical (unpaired) electrons. The maximum Gasteiger partial charge on any atom is 0.218 e. The van der Waals surface area contributed by atoms with E-state index in [1.807, 2.05) is 6.07 Å². The van der Waals surface area contributed by atoms with Crippen molar-refractivity contribution in [3.05, 3.63) is 59.3 Å². The van der Waals surface area contributed by atoms with Crippen LogP contribution in [0.4, 0.5) is 0 Å². The van der Waals surface area contributed by atoms with Gasteiger partial charge in [0.2, 0.25) is 5.88 Å². The first-order chi connectivity index (χ1) is 9.77. The van der Waals surface area contributed by atoms with Crippen molar-refractivity contribution in [3.63, 3.8) is 0 Å². The van der Waals surface area contributed by atoms with Crippen LogP contribution in [0.15, 0.2) is 42.6 Å². The van der Waals surface area contributed by atoms with Gasteiger partial charge in [-0.15, -0.1) is 0 Å². The van der Waals surface area contributed by atoms with Gasteiger partial charge in [0.1, 0.15) is 0 Å². The van der Waals surface area contributed by atoms with Crippen molar-refractivity contribution in [2.45, 2.75) is 26.3 Å². The zero-order valence-electron chi connectivity index (χ0n) is 12.4. The van der Waals surface area contributed by atoms with Crippen LogP contribution in [0.1, 0.15) is 36.1 Å². The molecule has 2 aromatic rings. The number of hydrogen-bond acceptors (Lipinski definition) is 3. The Hall–Kier alpha value is -1.87. The van der Waals surface area contributed by atoms with Crippen LogP contribution in [0.3, 0.4) is 0 Å². The molecule has 0 amide bonds. The highest BCUT2D eigenvalue weighted by Crippen LogP contribution is 2.29. The Kier molecular flexibility index (Phi) is 5.13. The minimum absolute atomic E-state index is 0.111. The fraction of sp³-hybridized carbons (Fsp3) is 0.353. The van der Waals surface area contributed by atoms with Crippen molar-refractivity contribution in [1.29, 1.82) is 0 Å². The highest BCUT2D eigenvalue weighted by Gasteiger charge is 2.19. The quantitative estimate of drug-likeness (QED) is 0.872. The van der Waals surface area contributed by atoms with E-state index in [9.17, 15) is 0 Å². The molecule has 0 aliphatic rings. The largest absolute Gasteiger partial charge is 0.481 e. The molecule has 0 aliphatic carbocycles. The average molecular weight is 270 g/mol. The Morgan fingerprint density at radius 1 is 1.15 bits per heavy atom. The first kappa shape index (κ1) is 14.5. The van der Waals surface area contributed by atoms with Crippen LogP contribution in [0.2, 0.25) is 0 Å². The van der Waals surface area contributed by atoms with E-state index in [1.54, 1.807) is 13.3 Å². The maximum absolute atomic E-state index is 5.42. The predicted molar refractivity (Wildman–Crippen MR) is 82.1 cm³/mol. The summed E-state index contributed by atoms with van der Waals surface area (Å²) in [7, 11) is 1.67. The number of nitrogens with one attached hydrogen (secondary N) is 1. The van der Waals surface area contributed by atoms with Crippen LogP contribution in [0.25, 0.3) is 0 Å². The van der Waals surface area contributed by atoms with Crippen molar-refractivity contribution < 1.29 is 4.74 Å². The fourth-order valence-corrected chi connectivity index (χ4v) is 2.38. The molecule has 3 heteroatoms. The van der Waals surface area contributed by atoms with Gasteiger partial charge in [-0.25, -0.2) is 4.98 Å². The summed E-state index contributed by atoms with van der Waals surface area (Å²) >= 11 is 0. The number of benzene rings is 1. The molecule has 0 spiro atoms. The van der Waals surface area contributed by atoms with Gasteiger partial charge in [-0.1, -0.05) is 37.3 Å². The van der Waals surface area contributed by atoms with E-state index >= 15 is 0 Å². The Morgan fingerprint density at radius 3 is 2.60 bits per heavy atom. The molecule has 1 aromatic carbocycles. The van der Waals surface area contributed by atoms with Crippen LogP contribution in [0, 0.1) is 6.92 Å². The zero-order chi connectivity index (χ0) is 14.4. The Bertz CT molecular complexity index is 554. The lowest BCUT2D eigenvalue weighted by atomic mass is 9.95. The van der Waals surface area contributed by atoms with E-state index in [2.05, 4.69) is 54.5 Å². The second-order valence-corrected chi connectivity index (χ2v) is 4.85. The van der Waals surface area contributed by atoms with Crippen molar-refractivity contribution in [1.82, 2.24) is 10.3 Å². The van der Waals surface area contributed by atoms with Gasteiger partial charge in [0.15, 0.2) is 0 Å². The average Bonchev–Trinajstić information content (AvgIpc) is 2.49. The molecule has 3 nitrogen and oxygen atoms in total. The van der Waals surface area contributed by atoms with Gasteiger partial charge in [-0.3, -0.25) is 0 Å². The summed E-state index contributed by atoms with van der Waals surface area (Å²) in [5.41, 5.74) is 3.62. The summed E-state index contributed by atoms with van der Waals surface area (Å²) < 4.78 is 5.42. The van der Waals surface area contributed by atoms with Gasteiger partial charge in [-0.05, 0) is 37.1 Å². The molecular formula is C17H22N2O. The van der Waals surface area contributed by atoms with Crippen LogP contribution in [-0.2, 0) is 0 Å². The molecule has 1 atom stereocenters. The third-order valence-electron chi connectivity index (χ3n) is 3.40. The number of nitrogens with zero attached hydrogens (tertiary/aromatic N) is 1. The van der Waals surface area contributed by atoms with Gasteiger partial charge in [0.05, 0.1) is 13.2 Å². The van der Waals surface area contributed by atoms with E-state index in [4.69, 9.17) is 4.74 Å². The molecule has 1 aromatic heterocycles. The molecule has 0 saturated carbocycles. The zero-order valence-corrected chi connectivity index (χ0v) is 12.4. The van der Waals surface area contributed by atoms with E-state index in [0.717, 1.165) is 18.5 Å². The molecule has 0 bridgehead atoms. The highest BCUT2D eigenvalue weighted by molar-refractivity contribution is 5.40. The summed E-state index contributed by atoms with van der Waals surface area (Å²) in [6, 6.07) is 12.6. The second kappa shape index (κ2) is 7.06. The standard InChI is InChI=1S/C17H22N2O/c1-4-11-18-16(14-9-6-5-8-13(14)2)15-10-7-12-19-17(15)20-3/h5-10,12,16,18H,4,11H2,1-3H3. The molecule has 1 unspecified atom stereocenters. The molecular weight excluding hydrogens is 248 g/mol. The van der Waals surface area contributed by atoms with Crippen molar-refractivity contribution in [2.24, 2.45) is 0 Å². The van der Waals surface area contributed by atoms with Gasteiger partial charge in [0.25, 0.3) is 0 Å². The number of aromatic nitrogens is 1. The molecule has 0 aliphatic heterocycles. The smallest absolute Gasteiger partial charge is 0.218 e. The van der Waals surface area contributed by atoms with Crippen molar-refractivity contribution in [3.8, 4) is 5.88 Å². The van der Waals surface area contributed by atoms with E-state index in [-0.39, 0.29) is 6.04 Å². The van der Waals surface area contributed by atoms with E-state index in [0.29, 0.717) is 5.88 Å². The van der Waals surface area contributed by atoms with Gasteiger partial charge >= 0.3 is 0 Å². The number of ether oxygens (including phenoxy) is 1. The number of pyridine rings is 1. The van der Waals surface area contributed by atoms with Crippen molar-refractivity contribution >= 4 is 0 Å². The molecule has 2 rings (SSSR count). The summed E-state index contributed by atoms with van der Waals surface area (Å²) in [5.74, 6) is 0.685. The second-order valence-electron chi connectivity index (χ2n) is 4.85. The Labute approximate surface area is 121 Å². The predicted octanol–water partition coefficient (Wildman–Crippen LogP) is 3.49. The molecule has 0 saturated heterocycles. The summed E-state index contributed by atoms with van der Waals surface area (Å²) in [6.45, 7) is 5.26. The molecule has 1 heterocycles. The molecule has 1 N–H and O–H groups in total.